The van der Waals surface area contributed by atoms with E-state index in [-0.39, 0.29) is 18.7 Å². The number of nitrogens with zero attached hydrogens (tertiary/aromatic N) is 3. The summed E-state index contributed by atoms with van der Waals surface area (Å²) in [4.78, 5) is 10.6. The zero-order chi connectivity index (χ0) is 14.4. The van der Waals surface area contributed by atoms with Gasteiger partial charge in [0.1, 0.15) is 11.6 Å². The number of piperidine rings is 1. The molecule has 0 radical (unpaired) electrons. The standard InChI is InChI=1S/C13H23N5O2/c1-2-15-11-9-12(17-13(14)16-11)18-5-3-10(4-6-18)20-8-7-19/h9-10,19H,2-8H2,1H3,(H3,14,15,16,17). The van der Waals surface area contributed by atoms with Crippen molar-refractivity contribution in [2.24, 2.45) is 0 Å². The molecule has 0 amide bonds. The van der Waals surface area contributed by atoms with Gasteiger partial charge < -0.3 is 25.8 Å². The summed E-state index contributed by atoms with van der Waals surface area (Å²) in [6, 6.07) is 1.93. The van der Waals surface area contributed by atoms with Gasteiger partial charge in [0.05, 0.1) is 19.3 Å². The van der Waals surface area contributed by atoms with Crippen LogP contribution in [0.2, 0.25) is 0 Å². The van der Waals surface area contributed by atoms with Crippen LogP contribution >= 0.6 is 0 Å². The minimum absolute atomic E-state index is 0.0781. The molecule has 0 spiro atoms. The van der Waals surface area contributed by atoms with E-state index in [0.29, 0.717) is 6.61 Å². The predicted octanol–water partition coefficient (Wildman–Crippen LogP) is 0.468. The lowest BCUT2D eigenvalue weighted by Crippen LogP contribution is -2.38. The molecule has 20 heavy (non-hydrogen) atoms. The lowest BCUT2D eigenvalue weighted by Gasteiger charge is -2.32. The molecule has 0 saturated carbocycles. The third-order valence-electron chi connectivity index (χ3n) is 3.30. The number of aromatic nitrogens is 2. The normalized spacial score (nSPS) is 16.4. The van der Waals surface area contributed by atoms with E-state index < -0.39 is 0 Å². The molecule has 0 atom stereocenters. The van der Waals surface area contributed by atoms with Crippen molar-refractivity contribution in [2.45, 2.75) is 25.9 Å². The summed E-state index contributed by atoms with van der Waals surface area (Å²) >= 11 is 0. The SMILES string of the molecule is CCNc1cc(N2CCC(OCCO)CC2)nc(N)n1. The smallest absolute Gasteiger partial charge is 0.223 e. The Morgan fingerprint density at radius 2 is 2.20 bits per heavy atom. The Morgan fingerprint density at radius 3 is 2.85 bits per heavy atom. The number of ether oxygens (including phenoxy) is 1. The molecule has 7 nitrogen and oxygen atoms in total. The van der Waals surface area contributed by atoms with Crippen molar-refractivity contribution in [2.75, 3.05) is 48.8 Å². The van der Waals surface area contributed by atoms with Crippen molar-refractivity contribution in [1.82, 2.24) is 9.97 Å². The van der Waals surface area contributed by atoms with Crippen LogP contribution in [0.1, 0.15) is 19.8 Å². The number of nitrogens with two attached hydrogens (primary N) is 1. The van der Waals surface area contributed by atoms with E-state index in [2.05, 4.69) is 20.2 Å². The summed E-state index contributed by atoms with van der Waals surface area (Å²) in [5.41, 5.74) is 5.75. The third-order valence-corrected chi connectivity index (χ3v) is 3.30. The molecule has 1 fully saturated rings. The van der Waals surface area contributed by atoms with Gasteiger partial charge in [0.2, 0.25) is 5.95 Å². The third kappa shape index (κ3) is 3.94. The molecule has 1 saturated heterocycles. The minimum Gasteiger partial charge on any atom is -0.394 e. The summed E-state index contributed by atoms with van der Waals surface area (Å²) in [6.07, 6.45) is 2.09. The molecule has 0 aromatic carbocycles. The van der Waals surface area contributed by atoms with Crippen molar-refractivity contribution < 1.29 is 9.84 Å². The highest BCUT2D eigenvalue weighted by molar-refractivity contribution is 5.52. The number of rotatable bonds is 6. The second-order valence-corrected chi connectivity index (χ2v) is 4.78. The number of aliphatic hydroxyl groups is 1. The lowest BCUT2D eigenvalue weighted by atomic mass is 10.1. The van der Waals surface area contributed by atoms with Crippen molar-refractivity contribution in [3.8, 4) is 0 Å². The highest BCUT2D eigenvalue weighted by Gasteiger charge is 2.21. The Balaban J connectivity index is 1.96. The molecule has 1 aliphatic heterocycles. The Bertz CT molecular complexity index is 421. The fraction of sp³-hybridized carbons (Fsp3) is 0.692. The van der Waals surface area contributed by atoms with Gasteiger partial charge in [-0.15, -0.1) is 0 Å². The van der Waals surface area contributed by atoms with E-state index in [4.69, 9.17) is 15.6 Å². The first-order valence-electron chi connectivity index (χ1n) is 7.08. The van der Waals surface area contributed by atoms with Gasteiger partial charge in [-0.3, -0.25) is 0 Å². The quantitative estimate of drug-likeness (QED) is 0.697. The molecular weight excluding hydrogens is 258 g/mol. The van der Waals surface area contributed by atoms with Gasteiger partial charge in [-0.25, -0.2) is 0 Å². The second kappa shape index (κ2) is 7.25. The first-order chi connectivity index (χ1) is 9.72. The average molecular weight is 281 g/mol. The van der Waals surface area contributed by atoms with Crippen molar-refractivity contribution in [3.05, 3.63) is 6.07 Å². The van der Waals surface area contributed by atoms with E-state index in [1.54, 1.807) is 0 Å². The number of nitrogens with one attached hydrogen (secondary N) is 1. The van der Waals surface area contributed by atoms with Gasteiger partial charge in [-0.2, -0.15) is 9.97 Å². The largest absolute Gasteiger partial charge is 0.394 e. The number of hydrogen-bond donors (Lipinski definition) is 3. The Morgan fingerprint density at radius 1 is 1.45 bits per heavy atom. The van der Waals surface area contributed by atoms with Crippen LogP contribution < -0.4 is 16.0 Å². The molecule has 4 N–H and O–H groups in total. The van der Waals surface area contributed by atoms with E-state index in [0.717, 1.165) is 44.1 Å². The molecule has 0 aliphatic carbocycles. The highest BCUT2D eigenvalue weighted by Crippen LogP contribution is 2.22. The molecule has 2 heterocycles. The summed E-state index contributed by atoms with van der Waals surface area (Å²) in [5.74, 6) is 1.90. The van der Waals surface area contributed by atoms with Crippen LogP contribution in [0.3, 0.4) is 0 Å². The fourth-order valence-corrected chi connectivity index (χ4v) is 2.36. The van der Waals surface area contributed by atoms with E-state index >= 15 is 0 Å². The van der Waals surface area contributed by atoms with Crippen LogP contribution in [-0.2, 0) is 4.74 Å². The molecule has 1 aliphatic rings. The van der Waals surface area contributed by atoms with Gasteiger partial charge in [-0.1, -0.05) is 0 Å². The maximum atomic E-state index is 8.77. The van der Waals surface area contributed by atoms with Crippen LogP contribution in [0.4, 0.5) is 17.6 Å². The number of anilines is 3. The molecular formula is C13H23N5O2. The van der Waals surface area contributed by atoms with E-state index in [9.17, 15) is 0 Å². The highest BCUT2D eigenvalue weighted by atomic mass is 16.5. The first kappa shape index (κ1) is 14.8. The Labute approximate surface area is 119 Å². The molecule has 7 heteroatoms. The Hall–Kier alpha value is -1.60. The topological polar surface area (TPSA) is 96.5 Å². The van der Waals surface area contributed by atoms with E-state index in [1.165, 1.54) is 0 Å². The second-order valence-electron chi connectivity index (χ2n) is 4.78. The maximum Gasteiger partial charge on any atom is 0.223 e. The molecule has 112 valence electrons. The van der Waals surface area contributed by atoms with Gasteiger partial charge in [-0.05, 0) is 19.8 Å². The predicted molar refractivity (Wildman–Crippen MR) is 78.9 cm³/mol. The summed E-state index contributed by atoms with van der Waals surface area (Å²) in [7, 11) is 0. The molecule has 1 aromatic rings. The Kier molecular flexibility index (Phi) is 5.37. The van der Waals surface area contributed by atoms with Gasteiger partial charge >= 0.3 is 0 Å². The zero-order valence-corrected chi connectivity index (χ0v) is 11.9. The molecule has 0 bridgehead atoms. The van der Waals surface area contributed by atoms with Crippen LogP contribution in [-0.4, -0.2) is 54.0 Å². The van der Waals surface area contributed by atoms with Crippen LogP contribution in [0, 0.1) is 0 Å². The van der Waals surface area contributed by atoms with Gasteiger partial charge in [0.25, 0.3) is 0 Å². The number of nitrogen functional groups attached to an aromatic ring is 1. The summed E-state index contributed by atoms with van der Waals surface area (Å²) in [6.45, 7) is 5.05. The van der Waals surface area contributed by atoms with Crippen LogP contribution in [0.5, 0.6) is 0 Å². The van der Waals surface area contributed by atoms with E-state index in [1.807, 2.05) is 13.0 Å². The van der Waals surface area contributed by atoms with Gasteiger partial charge in [0.15, 0.2) is 0 Å². The molecule has 1 aromatic heterocycles. The number of aliphatic hydroxyl groups excluding tert-OH is 1. The maximum absolute atomic E-state index is 8.77. The molecule has 2 rings (SSSR count). The monoisotopic (exact) mass is 281 g/mol. The lowest BCUT2D eigenvalue weighted by molar-refractivity contribution is 0.0158. The molecule has 0 unspecified atom stereocenters. The zero-order valence-electron chi connectivity index (χ0n) is 11.9. The fourth-order valence-electron chi connectivity index (χ4n) is 2.36. The van der Waals surface area contributed by atoms with Crippen LogP contribution in [0.25, 0.3) is 0 Å². The van der Waals surface area contributed by atoms with Crippen molar-refractivity contribution in [3.63, 3.8) is 0 Å². The summed E-state index contributed by atoms with van der Waals surface area (Å²) < 4.78 is 5.56. The first-order valence-corrected chi connectivity index (χ1v) is 7.08. The minimum atomic E-state index is 0.0781. The summed E-state index contributed by atoms with van der Waals surface area (Å²) in [5, 5.41) is 11.9. The van der Waals surface area contributed by atoms with Crippen molar-refractivity contribution in [1.29, 1.82) is 0 Å². The van der Waals surface area contributed by atoms with Gasteiger partial charge in [0, 0.05) is 25.7 Å². The van der Waals surface area contributed by atoms with Crippen molar-refractivity contribution >= 4 is 17.6 Å². The number of hydrogen-bond acceptors (Lipinski definition) is 7. The average Bonchev–Trinajstić information content (AvgIpc) is 2.45. The van der Waals surface area contributed by atoms with Crippen LogP contribution in [0.15, 0.2) is 6.07 Å².